The molecule has 118 valence electrons. The van der Waals surface area contributed by atoms with Crippen LogP contribution in [0.4, 0.5) is 5.13 Å². The Labute approximate surface area is 139 Å². The molecule has 0 aliphatic carbocycles. The minimum Gasteiger partial charge on any atom is -0.494 e. The van der Waals surface area contributed by atoms with Crippen molar-refractivity contribution in [3.05, 3.63) is 53.1 Å². The van der Waals surface area contributed by atoms with Gasteiger partial charge in [0.1, 0.15) is 11.3 Å². The minimum atomic E-state index is -0.0586. The standard InChI is InChI=1S/C18H18N2O2S/c1-11-7-8-12(2)13(9-11)10-16(21)19-18-20-17-14(22-3)5-4-6-15(17)23-18/h4-9H,10H2,1-3H3,(H,19,20,21). The number of nitrogens with one attached hydrogen (secondary N) is 1. The molecule has 0 saturated heterocycles. The minimum absolute atomic E-state index is 0.0586. The summed E-state index contributed by atoms with van der Waals surface area (Å²) in [5.41, 5.74) is 4.10. The number of amides is 1. The Bertz CT molecular complexity index is 871. The summed E-state index contributed by atoms with van der Waals surface area (Å²) in [6, 6.07) is 11.9. The van der Waals surface area contributed by atoms with Crippen LogP contribution in [0.2, 0.25) is 0 Å². The molecule has 1 N–H and O–H groups in total. The van der Waals surface area contributed by atoms with E-state index in [0.29, 0.717) is 17.3 Å². The largest absolute Gasteiger partial charge is 0.494 e. The topological polar surface area (TPSA) is 51.2 Å². The predicted octanol–water partition coefficient (Wildman–Crippen LogP) is 4.10. The Morgan fingerprint density at radius 3 is 2.87 bits per heavy atom. The van der Waals surface area contributed by atoms with Crippen LogP contribution in [0.1, 0.15) is 16.7 Å². The van der Waals surface area contributed by atoms with E-state index in [-0.39, 0.29) is 5.91 Å². The number of fused-ring (bicyclic) bond motifs is 1. The molecular weight excluding hydrogens is 308 g/mol. The van der Waals surface area contributed by atoms with E-state index in [1.165, 1.54) is 11.3 Å². The van der Waals surface area contributed by atoms with Crippen molar-refractivity contribution in [1.82, 2.24) is 4.98 Å². The quantitative estimate of drug-likeness (QED) is 0.785. The first kappa shape index (κ1) is 15.5. The maximum absolute atomic E-state index is 12.3. The van der Waals surface area contributed by atoms with E-state index in [2.05, 4.69) is 22.4 Å². The van der Waals surface area contributed by atoms with Gasteiger partial charge in [0.2, 0.25) is 5.91 Å². The van der Waals surface area contributed by atoms with Crippen LogP contribution in [0.15, 0.2) is 36.4 Å². The predicted molar refractivity (Wildman–Crippen MR) is 94.4 cm³/mol. The highest BCUT2D eigenvalue weighted by Crippen LogP contribution is 2.32. The first-order chi connectivity index (χ1) is 11.1. The van der Waals surface area contributed by atoms with Crippen molar-refractivity contribution in [3.63, 3.8) is 0 Å². The van der Waals surface area contributed by atoms with Crippen molar-refractivity contribution in [2.75, 3.05) is 12.4 Å². The number of anilines is 1. The van der Waals surface area contributed by atoms with E-state index < -0.39 is 0 Å². The number of hydrogen-bond acceptors (Lipinski definition) is 4. The fourth-order valence-corrected chi connectivity index (χ4v) is 3.37. The Hall–Kier alpha value is -2.40. The Balaban J connectivity index is 1.79. The number of benzene rings is 2. The smallest absolute Gasteiger partial charge is 0.230 e. The number of thiazole rings is 1. The van der Waals surface area contributed by atoms with Gasteiger partial charge in [0.15, 0.2) is 5.13 Å². The molecule has 0 bridgehead atoms. The number of methoxy groups -OCH3 is 1. The molecule has 0 saturated carbocycles. The molecule has 0 spiro atoms. The maximum Gasteiger partial charge on any atom is 0.230 e. The summed E-state index contributed by atoms with van der Waals surface area (Å²) in [5.74, 6) is 0.658. The van der Waals surface area contributed by atoms with E-state index in [1.54, 1.807) is 7.11 Å². The fraction of sp³-hybridized carbons (Fsp3) is 0.222. The van der Waals surface area contributed by atoms with Crippen LogP contribution in [0, 0.1) is 13.8 Å². The molecule has 0 aliphatic heterocycles. The summed E-state index contributed by atoms with van der Waals surface area (Å²) in [4.78, 5) is 16.8. The van der Waals surface area contributed by atoms with Gasteiger partial charge in [-0.2, -0.15) is 0 Å². The highest BCUT2D eigenvalue weighted by molar-refractivity contribution is 7.22. The maximum atomic E-state index is 12.3. The first-order valence-electron chi connectivity index (χ1n) is 7.36. The van der Waals surface area contributed by atoms with Crippen LogP contribution in [0.5, 0.6) is 5.75 Å². The van der Waals surface area contributed by atoms with Crippen molar-refractivity contribution >= 4 is 32.6 Å². The lowest BCUT2D eigenvalue weighted by Crippen LogP contribution is -2.14. The molecular formula is C18H18N2O2S. The van der Waals surface area contributed by atoms with Crippen LogP contribution in [0.25, 0.3) is 10.2 Å². The second-order valence-corrected chi connectivity index (χ2v) is 6.51. The number of aryl methyl sites for hydroxylation is 2. The summed E-state index contributed by atoms with van der Waals surface area (Å²) in [7, 11) is 1.62. The number of para-hydroxylation sites is 1. The van der Waals surface area contributed by atoms with Crippen molar-refractivity contribution < 1.29 is 9.53 Å². The van der Waals surface area contributed by atoms with E-state index in [9.17, 15) is 4.79 Å². The molecule has 5 heteroatoms. The molecule has 1 heterocycles. The van der Waals surface area contributed by atoms with Crippen LogP contribution < -0.4 is 10.1 Å². The monoisotopic (exact) mass is 326 g/mol. The SMILES string of the molecule is COc1cccc2sc(NC(=O)Cc3cc(C)ccc3C)nc12. The van der Waals surface area contributed by atoms with Gasteiger partial charge in [-0.15, -0.1) is 0 Å². The number of carbonyl (C=O) groups is 1. The average Bonchev–Trinajstić information content (AvgIpc) is 2.92. The van der Waals surface area contributed by atoms with Gasteiger partial charge in [-0.25, -0.2) is 4.98 Å². The third-order valence-corrected chi connectivity index (χ3v) is 4.64. The van der Waals surface area contributed by atoms with Crippen molar-refractivity contribution in [1.29, 1.82) is 0 Å². The van der Waals surface area contributed by atoms with Crippen LogP contribution in [-0.4, -0.2) is 18.0 Å². The normalized spacial score (nSPS) is 10.7. The van der Waals surface area contributed by atoms with E-state index in [1.807, 2.05) is 38.1 Å². The molecule has 3 aromatic rings. The third-order valence-electron chi connectivity index (χ3n) is 3.70. The van der Waals surface area contributed by atoms with E-state index in [4.69, 9.17) is 4.74 Å². The number of carbonyl (C=O) groups excluding carboxylic acids is 1. The molecule has 0 radical (unpaired) electrons. The van der Waals surface area contributed by atoms with Gasteiger partial charge < -0.3 is 10.1 Å². The molecule has 0 atom stereocenters. The Morgan fingerprint density at radius 1 is 1.26 bits per heavy atom. The lowest BCUT2D eigenvalue weighted by Gasteiger charge is -2.06. The summed E-state index contributed by atoms with van der Waals surface area (Å²) in [6.07, 6.45) is 0.348. The lowest BCUT2D eigenvalue weighted by molar-refractivity contribution is -0.115. The molecule has 0 aliphatic rings. The van der Waals surface area contributed by atoms with Gasteiger partial charge in [0.05, 0.1) is 18.2 Å². The van der Waals surface area contributed by atoms with Crippen LogP contribution >= 0.6 is 11.3 Å². The van der Waals surface area contributed by atoms with Crippen LogP contribution in [0.3, 0.4) is 0 Å². The molecule has 4 nitrogen and oxygen atoms in total. The highest BCUT2D eigenvalue weighted by Gasteiger charge is 2.12. The molecule has 1 aromatic heterocycles. The Kier molecular flexibility index (Phi) is 4.30. The molecule has 1 amide bonds. The lowest BCUT2D eigenvalue weighted by atomic mass is 10.0. The summed E-state index contributed by atoms with van der Waals surface area (Å²) in [5, 5.41) is 3.49. The zero-order valence-corrected chi connectivity index (χ0v) is 14.2. The molecule has 3 rings (SSSR count). The van der Waals surface area contributed by atoms with Crippen molar-refractivity contribution in [3.8, 4) is 5.75 Å². The number of nitrogens with zero attached hydrogens (tertiary/aromatic N) is 1. The van der Waals surface area contributed by atoms with Gasteiger partial charge in [-0.1, -0.05) is 41.2 Å². The molecule has 0 fully saturated rings. The second-order valence-electron chi connectivity index (χ2n) is 5.48. The average molecular weight is 326 g/mol. The first-order valence-corrected chi connectivity index (χ1v) is 8.18. The van der Waals surface area contributed by atoms with Gasteiger partial charge in [-0.05, 0) is 37.1 Å². The number of rotatable bonds is 4. The van der Waals surface area contributed by atoms with E-state index in [0.717, 1.165) is 26.9 Å². The summed E-state index contributed by atoms with van der Waals surface area (Å²) in [6.45, 7) is 4.05. The molecule has 0 unspecified atom stereocenters. The van der Waals surface area contributed by atoms with Crippen molar-refractivity contribution in [2.24, 2.45) is 0 Å². The third kappa shape index (κ3) is 3.35. The molecule has 2 aromatic carbocycles. The van der Waals surface area contributed by atoms with Gasteiger partial charge >= 0.3 is 0 Å². The van der Waals surface area contributed by atoms with Crippen LogP contribution in [-0.2, 0) is 11.2 Å². The van der Waals surface area contributed by atoms with Crippen molar-refractivity contribution in [2.45, 2.75) is 20.3 Å². The highest BCUT2D eigenvalue weighted by atomic mass is 32.1. The van der Waals surface area contributed by atoms with Gasteiger partial charge in [0.25, 0.3) is 0 Å². The number of aromatic nitrogens is 1. The van der Waals surface area contributed by atoms with Gasteiger partial charge in [-0.3, -0.25) is 4.79 Å². The number of ether oxygens (including phenoxy) is 1. The molecule has 23 heavy (non-hydrogen) atoms. The summed E-state index contributed by atoms with van der Waals surface area (Å²) >= 11 is 1.45. The second kappa shape index (κ2) is 6.38. The summed E-state index contributed by atoms with van der Waals surface area (Å²) < 4.78 is 6.29. The van der Waals surface area contributed by atoms with Gasteiger partial charge in [0, 0.05) is 0 Å². The fourth-order valence-electron chi connectivity index (χ4n) is 2.47. The van der Waals surface area contributed by atoms with E-state index >= 15 is 0 Å². The zero-order valence-electron chi connectivity index (χ0n) is 13.3. The Morgan fingerprint density at radius 2 is 2.09 bits per heavy atom. The number of hydrogen-bond donors (Lipinski definition) is 1. The zero-order chi connectivity index (χ0) is 16.4.